The lowest BCUT2D eigenvalue weighted by Gasteiger charge is -2.62. The number of terminal acetylenes is 1. The first kappa shape index (κ1) is 36.1. The van der Waals surface area contributed by atoms with Gasteiger partial charge in [-0.05, 0) is 122 Å². The van der Waals surface area contributed by atoms with E-state index in [0.29, 0.717) is 48.5 Å². The Hall–Kier alpha value is -2.77. The number of carbonyl (C=O) groups is 2. The van der Waals surface area contributed by atoms with E-state index in [1.807, 2.05) is 6.08 Å². The quantitative estimate of drug-likeness (QED) is 0.0373. The highest BCUT2D eigenvalue weighted by molar-refractivity contribution is 5.88. The van der Waals surface area contributed by atoms with Crippen molar-refractivity contribution in [1.29, 1.82) is 0 Å². The maximum atomic E-state index is 12.6. The number of aliphatic hydroxyl groups is 2. The van der Waals surface area contributed by atoms with Crippen molar-refractivity contribution < 1.29 is 29.3 Å². The van der Waals surface area contributed by atoms with E-state index in [0.717, 1.165) is 38.5 Å². The van der Waals surface area contributed by atoms with Gasteiger partial charge in [0.25, 0.3) is 0 Å². The van der Waals surface area contributed by atoms with Gasteiger partial charge < -0.3 is 30.3 Å². The zero-order chi connectivity index (χ0) is 33.3. The van der Waals surface area contributed by atoms with E-state index in [1.165, 1.54) is 31.8 Å². The van der Waals surface area contributed by atoms with E-state index in [2.05, 4.69) is 47.4 Å². The Bertz CT molecular complexity index is 1170. The molecule has 4 N–H and O–H groups in total. The second-order valence-electron chi connectivity index (χ2n) is 14.7. The van der Waals surface area contributed by atoms with Crippen molar-refractivity contribution in [3.8, 4) is 12.3 Å². The molecule has 0 saturated heterocycles. The van der Waals surface area contributed by atoms with Gasteiger partial charge in [0.15, 0.2) is 0 Å². The van der Waals surface area contributed by atoms with Gasteiger partial charge in [-0.2, -0.15) is 0 Å². The minimum absolute atomic E-state index is 0.0180. The normalized spacial score (nSPS) is 36.2. The molecule has 11 unspecified atom stereocenters. The SMILES string of the molecule is C#CCCOCCOC(=O)NC(CN=[N+]=[N-])NC(=O)C=CCCC(C)C1CCC2C3C(O)CC4CC(O)CCC4(C)C3CCC12C. The van der Waals surface area contributed by atoms with Gasteiger partial charge >= 0.3 is 6.09 Å². The number of ether oxygens (including phenoxy) is 2. The molecular formula is C35H55N5O6. The van der Waals surface area contributed by atoms with Crippen molar-refractivity contribution in [3.05, 3.63) is 22.6 Å². The van der Waals surface area contributed by atoms with Crippen molar-refractivity contribution in [1.82, 2.24) is 10.6 Å². The first-order valence-electron chi connectivity index (χ1n) is 17.3. The minimum atomic E-state index is -0.918. The van der Waals surface area contributed by atoms with E-state index in [-0.39, 0.29) is 42.8 Å². The number of azide groups is 1. The van der Waals surface area contributed by atoms with Crippen molar-refractivity contribution in [2.75, 3.05) is 26.4 Å². The van der Waals surface area contributed by atoms with E-state index >= 15 is 0 Å². The van der Waals surface area contributed by atoms with Gasteiger partial charge in [0.2, 0.25) is 5.91 Å². The molecule has 0 spiro atoms. The third kappa shape index (κ3) is 8.38. The molecule has 0 aliphatic heterocycles. The molecule has 4 fully saturated rings. The van der Waals surface area contributed by atoms with E-state index < -0.39 is 18.2 Å². The van der Waals surface area contributed by atoms with Crippen LogP contribution in [0.4, 0.5) is 4.79 Å². The molecule has 0 radical (unpaired) electrons. The predicted octanol–water partition coefficient (Wildman–Crippen LogP) is 5.47. The highest BCUT2D eigenvalue weighted by atomic mass is 16.6. The number of allylic oxidation sites excluding steroid dienone is 1. The predicted molar refractivity (Wildman–Crippen MR) is 175 cm³/mol. The molecular weight excluding hydrogens is 586 g/mol. The molecule has 0 aromatic rings. The number of aliphatic hydroxyl groups excluding tert-OH is 2. The second kappa shape index (κ2) is 16.4. The lowest BCUT2D eigenvalue weighted by molar-refractivity contribution is -0.174. The van der Waals surface area contributed by atoms with E-state index in [9.17, 15) is 19.8 Å². The standard InChI is InChI=1S/C35H55N5O6/c1-5-6-17-45-18-19-46-33(44)39-30(22-37-40-36)38-31(43)10-8-7-9-23(2)26-11-12-27-32-28(14-16-35(26,27)4)34(3)15-13-25(41)20-24(34)21-29(32)42/h1,8,10,23-30,32,41-42H,6-7,9,11-22H2,2-4H3,(H,38,43)(H,39,44). The molecule has 0 aromatic carbocycles. The van der Waals surface area contributed by atoms with Crippen molar-refractivity contribution in [3.63, 3.8) is 0 Å². The van der Waals surface area contributed by atoms with E-state index in [1.54, 1.807) is 0 Å². The zero-order valence-electron chi connectivity index (χ0n) is 27.9. The van der Waals surface area contributed by atoms with Crippen LogP contribution in [0, 0.1) is 58.7 Å². The van der Waals surface area contributed by atoms with Gasteiger partial charge in [0.1, 0.15) is 12.8 Å². The maximum Gasteiger partial charge on any atom is 0.408 e. The first-order chi connectivity index (χ1) is 22.0. The largest absolute Gasteiger partial charge is 0.447 e. The Morgan fingerprint density at radius 2 is 1.85 bits per heavy atom. The average Bonchev–Trinajstić information content (AvgIpc) is 3.37. The Morgan fingerprint density at radius 1 is 1.09 bits per heavy atom. The summed E-state index contributed by atoms with van der Waals surface area (Å²) in [5.74, 6) is 4.97. The monoisotopic (exact) mass is 641 g/mol. The maximum absolute atomic E-state index is 12.6. The number of alkyl carbamates (subject to hydrolysis) is 1. The second-order valence-corrected chi connectivity index (χ2v) is 14.7. The Labute approximate surface area is 274 Å². The molecule has 0 bridgehead atoms. The molecule has 4 rings (SSSR count). The Balaban J connectivity index is 1.25. The summed E-state index contributed by atoms with van der Waals surface area (Å²) >= 11 is 0. The van der Waals surface area contributed by atoms with Gasteiger partial charge in [-0.25, -0.2) is 4.79 Å². The van der Waals surface area contributed by atoms with Gasteiger partial charge in [0.05, 0.1) is 32.0 Å². The van der Waals surface area contributed by atoms with Crippen LogP contribution in [-0.2, 0) is 14.3 Å². The molecule has 0 aromatic heterocycles. The summed E-state index contributed by atoms with van der Waals surface area (Å²) in [7, 11) is 0. The number of carbonyl (C=O) groups excluding carboxylic acids is 2. The molecule has 11 nitrogen and oxygen atoms in total. The molecule has 0 heterocycles. The third-order valence-electron chi connectivity index (χ3n) is 12.3. The summed E-state index contributed by atoms with van der Waals surface area (Å²) in [4.78, 5) is 27.4. The zero-order valence-corrected chi connectivity index (χ0v) is 27.9. The van der Waals surface area contributed by atoms with Crippen molar-refractivity contribution in [2.24, 2.45) is 51.5 Å². The molecule has 4 aliphatic carbocycles. The Morgan fingerprint density at radius 3 is 2.61 bits per heavy atom. The molecule has 11 heteroatoms. The van der Waals surface area contributed by atoms with Crippen LogP contribution in [0.3, 0.4) is 0 Å². The third-order valence-corrected chi connectivity index (χ3v) is 12.3. The van der Waals surface area contributed by atoms with Crippen molar-refractivity contribution in [2.45, 2.75) is 110 Å². The molecule has 4 saturated carbocycles. The summed E-state index contributed by atoms with van der Waals surface area (Å²) in [5, 5.41) is 30.5. The molecule has 46 heavy (non-hydrogen) atoms. The lowest BCUT2D eigenvalue weighted by Crippen LogP contribution is -2.58. The van der Waals surface area contributed by atoms with Gasteiger partial charge in [-0.3, -0.25) is 4.79 Å². The highest BCUT2D eigenvalue weighted by Gasteiger charge is 2.62. The summed E-state index contributed by atoms with van der Waals surface area (Å²) in [5.41, 5.74) is 9.15. The van der Waals surface area contributed by atoms with Crippen LogP contribution in [0.5, 0.6) is 0 Å². The number of nitrogens with one attached hydrogen (secondary N) is 2. The van der Waals surface area contributed by atoms with Crippen LogP contribution < -0.4 is 10.6 Å². The number of rotatable bonds is 14. The smallest absolute Gasteiger partial charge is 0.408 e. The van der Waals surface area contributed by atoms with Gasteiger partial charge in [0, 0.05) is 11.3 Å². The average molecular weight is 642 g/mol. The summed E-state index contributed by atoms with van der Waals surface area (Å²) in [6, 6.07) is 0. The minimum Gasteiger partial charge on any atom is -0.447 e. The number of hydrogen-bond donors (Lipinski definition) is 4. The van der Waals surface area contributed by atoms with Crippen LogP contribution in [-0.4, -0.2) is 67.0 Å². The number of nitrogens with zero attached hydrogens (tertiary/aromatic N) is 3. The van der Waals surface area contributed by atoms with Crippen LogP contribution >= 0.6 is 0 Å². The molecule has 2 amide bonds. The summed E-state index contributed by atoms with van der Waals surface area (Å²) < 4.78 is 10.3. The molecule has 256 valence electrons. The van der Waals surface area contributed by atoms with Crippen LogP contribution in [0.25, 0.3) is 10.4 Å². The topological polar surface area (TPSA) is 166 Å². The Kier molecular flexibility index (Phi) is 12.8. The highest BCUT2D eigenvalue weighted by Crippen LogP contribution is 2.68. The summed E-state index contributed by atoms with van der Waals surface area (Å²) in [6.07, 6.45) is 16.8. The van der Waals surface area contributed by atoms with Gasteiger partial charge in [-0.15, -0.1) is 12.3 Å². The summed E-state index contributed by atoms with van der Waals surface area (Å²) in [6.45, 7) is 7.69. The fourth-order valence-electron chi connectivity index (χ4n) is 10.0. The van der Waals surface area contributed by atoms with Crippen LogP contribution in [0.2, 0.25) is 0 Å². The fourth-order valence-corrected chi connectivity index (χ4v) is 10.0. The first-order valence-corrected chi connectivity index (χ1v) is 17.3. The number of amides is 2. The lowest BCUT2D eigenvalue weighted by atomic mass is 9.43. The van der Waals surface area contributed by atoms with Crippen LogP contribution in [0.15, 0.2) is 17.3 Å². The number of fused-ring (bicyclic) bond motifs is 5. The van der Waals surface area contributed by atoms with Crippen molar-refractivity contribution >= 4 is 12.0 Å². The molecule has 11 atom stereocenters. The fraction of sp³-hybridized carbons (Fsp3) is 0.829. The molecule has 4 aliphatic rings. The number of hydrogen-bond acceptors (Lipinski definition) is 7. The van der Waals surface area contributed by atoms with Crippen LogP contribution in [0.1, 0.15) is 91.4 Å². The van der Waals surface area contributed by atoms with E-state index in [4.69, 9.17) is 21.4 Å². The van der Waals surface area contributed by atoms with Gasteiger partial charge in [-0.1, -0.05) is 32.0 Å².